The number of hydrogen-bond donors (Lipinski definition) is 0. The summed E-state index contributed by atoms with van der Waals surface area (Å²) in [5.74, 6) is 1.82. The van der Waals surface area contributed by atoms with Crippen molar-refractivity contribution in [2.24, 2.45) is 0 Å². The van der Waals surface area contributed by atoms with Gasteiger partial charge in [0.05, 0.1) is 7.11 Å². The van der Waals surface area contributed by atoms with Gasteiger partial charge >= 0.3 is 0 Å². The van der Waals surface area contributed by atoms with Crippen LogP contribution in [0.1, 0.15) is 16.7 Å². The third-order valence-electron chi connectivity index (χ3n) is 2.33. The molecule has 0 aromatic heterocycles. The highest BCUT2D eigenvalue weighted by Crippen LogP contribution is 2.22. The van der Waals surface area contributed by atoms with Crippen molar-refractivity contribution < 1.29 is 4.74 Å². The third kappa shape index (κ3) is 3.29. The molecule has 0 spiro atoms. The second-order valence-corrected chi connectivity index (χ2v) is 4.00. The van der Waals surface area contributed by atoms with E-state index in [1.54, 1.807) is 7.11 Å². The van der Waals surface area contributed by atoms with Gasteiger partial charge in [0.15, 0.2) is 0 Å². The SMILES string of the molecule is COc1[c]c(CCCl)c(C)c(CCCl)[c]1. The van der Waals surface area contributed by atoms with Crippen LogP contribution in [0, 0.1) is 19.1 Å². The predicted octanol–water partition coefficient (Wildman–Crippen LogP) is 3.17. The van der Waals surface area contributed by atoms with Gasteiger partial charge in [0, 0.05) is 23.9 Å². The molecule has 0 aliphatic rings. The molecule has 0 fully saturated rings. The number of hydrogen-bond acceptors (Lipinski definition) is 1. The van der Waals surface area contributed by atoms with Gasteiger partial charge in [0.25, 0.3) is 0 Å². The van der Waals surface area contributed by atoms with Crippen LogP contribution in [0.5, 0.6) is 5.75 Å². The highest BCUT2D eigenvalue weighted by atomic mass is 35.5. The molecular weight excluding hydrogens is 231 g/mol. The Labute approximate surface area is 101 Å². The monoisotopic (exact) mass is 244 g/mol. The Bertz CT molecular complexity index is 296. The fourth-order valence-electron chi connectivity index (χ4n) is 1.47. The van der Waals surface area contributed by atoms with Crippen LogP contribution in [0.25, 0.3) is 0 Å². The largest absolute Gasteiger partial charge is 0.495 e. The van der Waals surface area contributed by atoms with E-state index >= 15 is 0 Å². The molecule has 0 aliphatic heterocycles. The molecule has 0 saturated heterocycles. The maximum atomic E-state index is 5.74. The second-order valence-electron chi connectivity index (χ2n) is 3.24. The first-order chi connectivity index (χ1) is 7.22. The molecule has 1 aromatic rings. The topological polar surface area (TPSA) is 9.23 Å². The first kappa shape index (κ1) is 12.7. The van der Waals surface area contributed by atoms with Crippen LogP contribution in [-0.4, -0.2) is 18.9 Å². The van der Waals surface area contributed by atoms with Crippen molar-refractivity contribution >= 4 is 23.2 Å². The van der Waals surface area contributed by atoms with Crippen LogP contribution in [0.15, 0.2) is 0 Å². The zero-order chi connectivity index (χ0) is 11.3. The molecule has 0 N–H and O–H groups in total. The number of halogens is 2. The molecule has 1 aromatic carbocycles. The number of benzene rings is 1. The highest BCUT2D eigenvalue weighted by Gasteiger charge is 2.08. The van der Waals surface area contributed by atoms with Crippen molar-refractivity contribution in [2.75, 3.05) is 18.9 Å². The molecule has 0 saturated carbocycles. The number of aryl methyl sites for hydroxylation is 2. The summed E-state index contributed by atoms with van der Waals surface area (Å²) in [6.07, 6.45) is 1.60. The third-order valence-corrected chi connectivity index (χ3v) is 2.71. The fraction of sp³-hybridized carbons (Fsp3) is 0.500. The summed E-state index contributed by atoms with van der Waals surface area (Å²) in [4.78, 5) is 0. The van der Waals surface area contributed by atoms with Crippen molar-refractivity contribution in [3.05, 3.63) is 28.8 Å². The van der Waals surface area contributed by atoms with Crippen molar-refractivity contribution in [1.82, 2.24) is 0 Å². The van der Waals surface area contributed by atoms with Gasteiger partial charge in [-0.25, -0.2) is 0 Å². The standard InChI is InChI=1S/C12H14Cl2O/c1-9-10(3-5-13)7-12(15-2)8-11(9)4-6-14/h3-6H2,1-2H3. The van der Waals surface area contributed by atoms with Crippen LogP contribution in [0.3, 0.4) is 0 Å². The summed E-state index contributed by atoms with van der Waals surface area (Å²) < 4.78 is 5.15. The van der Waals surface area contributed by atoms with Crippen molar-refractivity contribution in [1.29, 1.82) is 0 Å². The van der Waals surface area contributed by atoms with Crippen LogP contribution >= 0.6 is 23.2 Å². The second kappa shape index (κ2) is 6.24. The predicted molar refractivity (Wildman–Crippen MR) is 64.3 cm³/mol. The molecule has 0 unspecified atom stereocenters. The first-order valence-electron chi connectivity index (χ1n) is 4.85. The molecule has 0 atom stereocenters. The minimum Gasteiger partial charge on any atom is -0.495 e. The van der Waals surface area contributed by atoms with Crippen molar-refractivity contribution in [3.63, 3.8) is 0 Å². The lowest BCUT2D eigenvalue weighted by Crippen LogP contribution is -2.00. The molecule has 0 heterocycles. The number of methoxy groups -OCH3 is 1. The van der Waals surface area contributed by atoms with Gasteiger partial charge < -0.3 is 4.74 Å². The molecule has 1 rings (SSSR count). The summed E-state index contributed by atoms with van der Waals surface area (Å²) in [5, 5.41) is 0. The Balaban J connectivity index is 3.08. The van der Waals surface area contributed by atoms with Crippen LogP contribution in [0.4, 0.5) is 0 Å². The minimum absolute atomic E-state index is 0.588. The summed E-state index contributed by atoms with van der Waals surface area (Å²) in [5.41, 5.74) is 3.37. The summed E-state index contributed by atoms with van der Waals surface area (Å²) in [7, 11) is 1.62. The van der Waals surface area contributed by atoms with E-state index in [0.29, 0.717) is 17.5 Å². The average Bonchev–Trinajstić information content (AvgIpc) is 2.24. The highest BCUT2D eigenvalue weighted by molar-refractivity contribution is 6.18. The molecule has 1 nitrogen and oxygen atoms in total. The van der Waals surface area contributed by atoms with Gasteiger partial charge in [0.2, 0.25) is 0 Å². The molecule has 0 amide bonds. The van der Waals surface area contributed by atoms with Crippen LogP contribution in [-0.2, 0) is 12.8 Å². The van der Waals surface area contributed by atoms with E-state index in [1.807, 2.05) is 0 Å². The number of alkyl halides is 2. The Morgan fingerprint density at radius 3 is 1.87 bits per heavy atom. The summed E-state index contributed by atoms with van der Waals surface area (Å²) in [6, 6.07) is 6.31. The maximum Gasteiger partial charge on any atom is 0.135 e. The van der Waals surface area contributed by atoms with E-state index in [-0.39, 0.29) is 0 Å². The van der Waals surface area contributed by atoms with Gasteiger partial charge in [-0.15, -0.1) is 23.2 Å². The first-order valence-corrected chi connectivity index (χ1v) is 5.92. The Morgan fingerprint density at radius 2 is 1.53 bits per heavy atom. The van der Waals surface area contributed by atoms with E-state index < -0.39 is 0 Å². The van der Waals surface area contributed by atoms with E-state index in [2.05, 4.69) is 19.1 Å². The fourth-order valence-corrected chi connectivity index (χ4v) is 1.84. The number of rotatable bonds is 5. The summed E-state index contributed by atoms with van der Waals surface area (Å²) in [6.45, 7) is 2.05. The van der Waals surface area contributed by atoms with Crippen molar-refractivity contribution in [2.45, 2.75) is 19.8 Å². The molecule has 15 heavy (non-hydrogen) atoms. The lowest BCUT2D eigenvalue weighted by atomic mass is 9.98. The Kier molecular flexibility index (Phi) is 5.27. The molecule has 82 valence electrons. The summed E-state index contributed by atoms with van der Waals surface area (Å²) >= 11 is 11.5. The van der Waals surface area contributed by atoms with E-state index in [0.717, 1.165) is 24.0 Å². The van der Waals surface area contributed by atoms with Gasteiger partial charge in [-0.3, -0.25) is 0 Å². The molecule has 0 aliphatic carbocycles. The van der Waals surface area contributed by atoms with E-state index in [9.17, 15) is 0 Å². The van der Waals surface area contributed by atoms with Crippen LogP contribution < -0.4 is 4.74 Å². The molecule has 2 radical (unpaired) electrons. The minimum atomic E-state index is 0.588. The van der Waals surface area contributed by atoms with Crippen molar-refractivity contribution in [3.8, 4) is 5.75 Å². The molecule has 0 bridgehead atoms. The quantitative estimate of drug-likeness (QED) is 0.724. The van der Waals surface area contributed by atoms with Gasteiger partial charge in [-0.2, -0.15) is 0 Å². The zero-order valence-corrected chi connectivity index (χ0v) is 10.5. The lowest BCUT2D eigenvalue weighted by Gasteiger charge is -2.11. The maximum absolute atomic E-state index is 5.74. The van der Waals surface area contributed by atoms with Gasteiger partial charge in [0.1, 0.15) is 5.75 Å². The Morgan fingerprint density at radius 1 is 1.07 bits per heavy atom. The molecular formula is C12H14Cl2O. The zero-order valence-electron chi connectivity index (χ0n) is 8.99. The van der Waals surface area contributed by atoms with E-state index in [4.69, 9.17) is 27.9 Å². The number of ether oxygens (including phenoxy) is 1. The average molecular weight is 245 g/mol. The van der Waals surface area contributed by atoms with Gasteiger partial charge in [-0.1, -0.05) is 0 Å². The Hall–Kier alpha value is -0.400. The lowest BCUT2D eigenvalue weighted by molar-refractivity contribution is 0.411. The van der Waals surface area contributed by atoms with Gasteiger partial charge in [-0.05, 0) is 36.5 Å². The smallest absolute Gasteiger partial charge is 0.135 e. The van der Waals surface area contributed by atoms with Crippen LogP contribution in [0.2, 0.25) is 0 Å². The normalized spacial score (nSPS) is 10.4. The van der Waals surface area contributed by atoms with E-state index in [1.165, 1.54) is 5.56 Å². The molecule has 3 heteroatoms.